The molecule has 1 atom stereocenters. The van der Waals surface area contributed by atoms with E-state index in [2.05, 4.69) is 10.0 Å². The standard InChI is InChI=1S/C19H22FN3O3S.ClH/c20-16-6-4-5-15(13-16)18-14-21-11-12-23(18)19(24)9-10-22-27(25,26)17-7-2-1-3-8-17;/h1-8,13,18,21-22H,9-12,14H2;1H. The van der Waals surface area contributed by atoms with E-state index < -0.39 is 10.0 Å². The maximum absolute atomic E-state index is 13.5. The third-order valence-corrected chi connectivity index (χ3v) is 5.96. The number of sulfonamides is 1. The molecule has 0 bridgehead atoms. The molecule has 0 radical (unpaired) electrons. The third kappa shape index (κ3) is 5.51. The Morgan fingerprint density at radius 1 is 1.18 bits per heavy atom. The summed E-state index contributed by atoms with van der Waals surface area (Å²) in [4.78, 5) is 14.5. The van der Waals surface area contributed by atoms with E-state index in [1.807, 2.05) is 0 Å². The van der Waals surface area contributed by atoms with Gasteiger partial charge in [-0.25, -0.2) is 17.5 Å². The number of nitrogens with zero attached hydrogens (tertiary/aromatic N) is 1. The fourth-order valence-electron chi connectivity index (χ4n) is 3.13. The molecule has 1 saturated heterocycles. The van der Waals surface area contributed by atoms with Crippen LogP contribution < -0.4 is 10.0 Å². The highest BCUT2D eigenvalue weighted by atomic mass is 35.5. The van der Waals surface area contributed by atoms with Crippen LogP contribution >= 0.6 is 12.4 Å². The molecule has 2 aromatic rings. The summed E-state index contributed by atoms with van der Waals surface area (Å²) in [7, 11) is -3.64. The van der Waals surface area contributed by atoms with E-state index >= 15 is 0 Å². The summed E-state index contributed by atoms with van der Waals surface area (Å²) in [6, 6.07) is 14.0. The predicted octanol–water partition coefficient (Wildman–Crippen LogP) is 2.09. The molecule has 1 aliphatic rings. The van der Waals surface area contributed by atoms with Gasteiger partial charge in [0.2, 0.25) is 15.9 Å². The van der Waals surface area contributed by atoms with Gasteiger partial charge in [-0.2, -0.15) is 0 Å². The first-order valence-corrected chi connectivity index (χ1v) is 10.3. The van der Waals surface area contributed by atoms with Crippen LogP contribution in [0.4, 0.5) is 4.39 Å². The molecular weight excluding hydrogens is 405 g/mol. The largest absolute Gasteiger partial charge is 0.333 e. The van der Waals surface area contributed by atoms with Crippen LogP contribution in [0.1, 0.15) is 18.0 Å². The molecule has 0 spiro atoms. The normalized spacial score (nSPS) is 17.0. The van der Waals surface area contributed by atoms with E-state index in [1.165, 1.54) is 24.3 Å². The molecule has 1 unspecified atom stereocenters. The van der Waals surface area contributed by atoms with Crippen LogP contribution in [0, 0.1) is 5.82 Å². The lowest BCUT2D eigenvalue weighted by Gasteiger charge is -2.36. The lowest BCUT2D eigenvalue weighted by molar-refractivity contribution is -0.134. The molecule has 9 heteroatoms. The first-order valence-electron chi connectivity index (χ1n) is 8.78. The summed E-state index contributed by atoms with van der Waals surface area (Å²) >= 11 is 0. The summed E-state index contributed by atoms with van der Waals surface area (Å²) in [5.41, 5.74) is 0.723. The molecule has 1 fully saturated rings. The maximum Gasteiger partial charge on any atom is 0.240 e. The number of hydrogen-bond donors (Lipinski definition) is 2. The number of rotatable bonds is 6. The van der Waals surface area contributed by atoms with Crippen LogP contribution in [0.5, 0.6) is 0 Å². The van der Waals surface area contributed by atoms with Crippen molar-refractivity contribution >= 4 is 28.3 Å². The molecule has 2 aromatic carbocycles. The highest BCUT2D eigenvalue weighted by molar-refractivity contribution is 7.89. The average molecular weight is 428 g/mol. The quantitative estimate of drug-likeness (QED) is 0.740. The number of nitrogens with one attached hydrogen (secondary N) is 2. The number of piperazine rings is 1. The highest BCUT2D eigenvalue weighted by Crippen LogP contribution is 2.23. The van der Waals surface area contributed by atoms with Crippen LogP contribution in [-0.4, -0.2) is 45.4 Å². The van der Waals surface area contributed by atoms with E-state index in [-0.39, 0.29) is 48.0 Å². The zero-order valence-electron chi connectivity index (χ0n) is 15.2. The Hall–Kier alpha value is -2.00. The lowest BCUT2D eigenvalue weighted by Crippen LogP contribution is -2.49. The smallest absolute Gasteiger partial charge is 0.240 e. The van der Waals surface area contributed by atoms with Crippen molar-refractivity contribution in [3.8, 4) is 0 Å². The number of hydrogen-bond acceptors (Lipinski definition) is 4. The van der Waals surface area contributed by atoms with Gasteiger partial charge in [-0.3, -0.25) is 4.79 Å². The van der Waals surface area contributed by atoms with Gasteiger partial charge in [-0.05, 0) is 29.8 Å². The van der Waals surface area contributed by atoms with Gasteiger partial charge in [0.05, 0.1) is 10.9 Å². The summed E-state index contributed by atoms with van der Waals surface area (Å²) in [5, 5.41) is 3.21. The Kier molecular flexibility index (Phi) is 7.94. The molecule has 1 aliphatic heterocycles. The number of carbonyl (C=O) groups is 1. The van der Waals surface area contributed by atoms with Crippen LogP contribution in [0.2, 0.25) is 0 Å². The zero-order valence-corrected chi connectivity index (χ0v) is 16.8. The van der Waals surface area contributed by atoms with Crippen molar-refractivity contribution in [3.05, 3.63) is 66.0 Å². The van der Waals surface area contributed by atoms with E-state index in [1.54, 1.807) is 35.2 Å². The Labute approximate surface area is 170 Å². The fraction of sp³-hybridized carbons (Fsp3) is 0.316. The number of amides is 1. The topological polar surface area (TPSA) is 78.5 Å². The van der Waals surface area contributed by atoms with Crippen LogP contribution in [0.15, 0.2) is 59.5 Å². The molecule has 0 saturated carbocycles. The average Bonchev–Trinajstić information content (AvgIpc) is 2.68. The Bertz CT molecular complexity index is 896. The molecule has 0 aromatic heterocycles. The molecule has 152 valence electrons. The Morgan fingerprint density at radius 3 is 2.64 bits per heavy atom. The maximum atomic E-state index is 13.5. The van der Waals surface area contributed by atoms with E-state index in [9.17, 15) is 17.6 Å². The van der Waals surface area contributed by atoms with Crippen molar-refractivity contribution in [2.45, 2.75) is 17.4 Å². The van der Waals surface area contributed by atoms with Crippen molar-refractivity contribution in [2.75, 3.05) is 26.2 Å². The fourth-order valence-corrected chi connectivity index (χ4v) is 4.19. The summed E-state index contributed by atoms with van der Waals surface area (Å²) in [5.74, 6) is -0.511. The molecule has 28 heavy (non-hydrogen) atoms. The van der Waals surface area contributed by atoms with Gasteiger partial charge >= 0.3 is 0 Å². The first kappa shape index (κ1) is 22.3. The van der Waals surface area contributed by atoms with Gasteiger partial charge in [-0.1, -0.05) is 30.3 Å². The van der Waals surface area contributed by atoms with Crippen molar-refractivity contribution < 1.29 is 17.6 Å². The van der Waals surface area contributed by atoms with Gasteiger partial charge in [-0.15, -0.1) is 12.4 Å². The van der Waals surface area contributed by atoms with Crippen molar-refractivity contribution in [1.82, 2.24) is 14.9 Å². The van der Waals surface area contributed by atoms with Crippen molar-refractivity contribution in [1.29, 1.82) is 0 Å². The van der Waals surface area contributed by atoms with Crippen molar-refractivity contribution in [3.63, 3.8) is 0 Å². The van der Waals surface area contributed by atoms with E-state index in [0.29, 0.717) is 19.6 Å². The van der Waals surface area contributed by atoms with Gasteiger partial charge in [0.15, 0.2) is 0 Å². The second-order valence-corrected chi connectivity index (χ2v) is 8.09. The summed E-state index contributed by atoms with van der Waals surface area (Å²) in [6.07, 6.45) is 0.0396. The number of carbonyl (C=O) groups excluding carboxylic acids is 1. The van der Waals surface area contributed by atoms with Gasteiger partial charge < -0.3 is 10.2 Å². The van der Waals surface area contributed by atoms with Crippen LogP contribution in [0.25, 0.3) is 0 Å². The van der Waals surface area contributed by atoms with Gasteiger partial charge in [0.1, 0.15) is 5.82 Å². The molecule has 0 aliphatic carbocycles. The van der Waals surface area contributed by atoms with Crippen molar-refractivity contribution in [2.24, 2.45) is 0 Å². The summed E-state index contributed by atoms with van der Waals surface area (Å²) < 4.78 is 40.5. The lowest BCUT2D eigenvalue weighted by atomic mass is 10.0. The SMILES string of the molecule is Cl.O=C(CCNS(=O)(=O)c1ccccc1)N1CCNCC1c1cccc(F)c1. The number of benzene rings is 2. The molecular formula is C19H23ClFN3O3S. The molecule has 1 amide bonds. The zero-order chi connectivity index (χ0) is 19.3. The Morgan fingerprint density at radius 2 is 1.93 bits per heavy atom. The monoisotopic (exact) mass is 427 g/mol. The third-order valence-electron chi connectivity index (χ3n) is 4.48. The van der Waals surface area contributed by atoms with Crippen LogP contribution in [-0.2, 0) is 14.8 Å². The van der Waals surface area contributed by atoms with Gasteiger partial charge in [0.25, 0.3) is 0 Å². The second-order valence-electron chi connectivity index (χ2n) is 6.32. The Balaban J connectivity index is 0.00000280. The van der Waals surface area contributed by atoms with Gasteiger partial charge in [0, 0.05) is 32.6 Å². The van der Waals surface area contributed by atoms with E-state index in [0.717, 1.165) is 5.56 Å². The first-order chi connectivity index (χ1) is 13.0. The molecule has 1 heterocycles. The van der Waals surface area contributed by atoms with Crippen LogP contribution in [0.3, 0.4) is 0 Å². The number of halogens is 2. The molecule has 3 rings (SSSR count). The predicted molar refractivity (Wildman–Crippen MR) is 107 cm³/mol. The minimum Gasteiger partial charge on any atom is -0.333 e. The highest BCUT2D eigenvalue weighted by Gasteiger charge is 2.28. The minimum absolute atomic E-state index is 0. The second kappa shape index (κ2) is 9.97. The molecule has 6 nitrogen and oxygen atoms in total. The van der Waals surface area contributed by atoms with E-state index in [4.69, 9.17) is 0 Å². The molecule has 2 N–H and O–H groups in total. The summed E-state index contributed by atoms with van der Waals surface area (Å²) in [6.45, 7) is 1.68. The minimum atomic E-state index is -3.64.